The van der Waals surface area contributed by atoms with E-state index in [0.29, 0.717) is 23.8 Å². The molecule has 0 saturated carbocycles. The Kier molecular flexibility index (Phi) is 7.05. The van der Waals surface area contributed by atoms with Crippen LogP contribution in [0.1, 0.15) is 33.5 Å². The van der Waals surface area contributed by atoms with Gasteiger partial charge in [-0.15, -0.1) is 0 Å². The lowest BCUT2D eigenvalue weighted by Crippen LogP contribution is -2.02. The molecule has 0 amide bonds. The molecule has 4 nitrogen and oxygen atoms in total. The van der Waals surface area contributed by atoms with Gasteiger partial charge in [0.25, 0.3) is 0 Å². The highest BCUT2D eigenvalue weighted by molar-refractivity contribution is 6.31. The summed E-state index contributed by atoms with van der Waals surface area (Å²) in [7, 11) is 0. The number of nitrogens with zero attached hydrogens (tertiary/aromatic N) is 3. The van der Waals surface area contributed by atoms with Crippen molar-refractivity contribution in [3.63, 3.8) is 0 Å². The Morgan fingerprint density at radius 3 is 2.15 bits per heavy atom. The zero-order valence-electron chi connectivity index (χ0n) is 23.1. The van der Waals surface area contributed by atoms with Crippen molar-refractivity contribution in [2.45, 2.75) is 27.3 Å². The third-order valence-electron chi connectivity index (χ3n) is 7.53. The van der Waals surface area contributed by atoms with Gasteiger partial charge in [-0.1, -0.05) is 108 Å². The fourth-order valence-corrected chi connectivity index (χ4v) is 5.46. The van der Waals surface area contributed by atoms with Crippen LogP contribution in [0.5, 0.6) is 0 Å². The van der Waals surface area contributed by atoms with Crippen molar-refractivity contribution < 1.29 is 4.42 Å². The lowest BCUT2D eigenvalue weighted by atomic mass is 9.97. The predicted octanol–water partition coefficient (Wildman–Crippen LogP) is 9.82. The summed E-state index contributed by atoms with van der Waals surface area (Å²) in [5.74, 6) is 0.927. The maximum atomic E-state index is 10.3. The zero-order valence-corrected chi connectivity index (χ0v) is 23.9. The molecule has 0 unspecified atom stereocenters. The molecule has 0 N–H and O–H groups in total. The van der Waals surface area contributed by atoms with Gasteiger partial charge in [-0.3, -0.25) is 0 Å². The number of benzene rings is 4. The molecule has 0 atom stereocenters. The van der Waals surface area contributed by atoms with Gasteiger partial charge in [0.2, 0.25) is 5.88 Å². The minimum absolute atomic E-state index is 0.293. The van der Waals surface area contributed by atoms with E-state index in [2.05, 4.69) is 29.7 Å². The summed E-state index contributed by atoms with van der Waals surface area (Å²) >= 11 is 6.51. The van der Waals surface area contributed by atoms with Crippen LogP contribution in [0.2, 0.25) is 5.02 Å². The van der Waals surface area contributed by atoms with Gasteiger partial charge in [0, 0.05) is 51.1 Å². The van der Waals surface area contributed by atoms with Crippen molar-refractivity contribution in [1.82, 2.24) is 4.57 Å². The highest BCUT2D eigenvalue weighted by Gasteiger charge is 2.23. The molecule has 5 heteroatoms. The number of halogens is 1. The average molecular weight is 554 g/mol. The number of rotatable bonds is 6. The summed E-state index contributed by atoms with van der Waals surface area (Å²) in [5, 5.41) is 12.1. The van der Waals surface area contributed by atoms with E-state index in [9.17, 15) is 5.26 Å². The van der Waals surface area contributed by atoms with E-state index in [0.717, 1.165) is 60.6 Å². The molecule has 6 rings (SSSR count). The zero-order chi connectivity index (χ0) is 28.5. The fraction of sp³-hybridized carbons (Fsp3) is 0.111. The average Bonchev–Trinajstić information content (AvgIpc) is 3.48. The maximum Gasteiger partial charge on any atom is 0.238 e. The Hall–Kier alpha value is -4.85. The molecule has 6 aromatic rings. The van der Waals surface area contributed by atoms with Crippen LogP contribution in [-0.4, -0.2) is 10.8 Å². The number of hydrogen-bond acceptors (Lipinski definition) is 3. The molecular formula is C36H28ClN3O. The maximum absolute atomic E-state index is 10.3. The number of aryl methyl sites for hydroxylation is 2. The Morgan fingerprint density at radius 1 is 0.829 bits per heavy atom. The second kappa shape index (κ2) is 11.0. The van der Waals surface area contributed by atoms with Gasteiger partial charge in [0.1, 0.15) is 17.4 Å². The van der Waals surface area contributed by atoms with Gasteiger partial charge < -0.3 is 8.98 Å². The highest BCUT2D eigenvalue weighted by Crippen LogP contribution is 2.43. The second-order valence-electron chi connectivity index (χ2n) is 10.3. The van der Waals surface area contributed by atoms with Crippen LogP contribution >= 0.6 is 11.6 Å². The number of aliphatic imine (C=N–C) groups is 1. The quantitative estimate of drug-likeness (QED) is 0.193. The van der Waals surface area contributed by atoms with E-state index in [-0.39, 0.29) is 0 Å². The van der Waals surface area contributed by atoms with Crippen molar-refractivity contribution in [1.29, 1.82) is 5.26 Å². The molecule has 41 heavy (non-hydrogen) atoms. The van der Waals surface area contributed by atoms with Crippen molar-refractivity contribution >= 4 is 34.6 Å². The van der Waals surface area contributed by atoms with Crippen LogP contribution in [0.25, 0.3) is 33.4 Å². The lowest BCUT2D eigenvalue weighted by Gasteiger charge is -2.10. The molecule has 0 aliphatic heterocycles. The Morgan fingerprint density at radius 2 is 1.46 bits per heavy atom. The molecule has 0 fully saturated rings. The molecule has 0 radical (unpaired) electrons. The van der Waals surface area contributed by atoms with Crippen LogP contribution < -0.4 is 0 Å². The number of fused-ring (bicyclic) bond motifs is 1. The van der Waals surface area contributed by atoms with Gasteiger partial charge in [-0.05, 0) is 44.0 Å². The highest BCUT2D eigenvalue weighted by atomic mass is 35.5. The van der Waals surface area contributed by atoms with E-state index >= 15 is 0 Å². The van der Waals surface area contributed by atoms with Crippen LogP contribution in [0.15, 0.2) is 106 Å². The van der Waals surface area contributed by atoms with Crippen LogP contribution in [-0.2, 0) is 6.54 Å². The van der Waals surface area contributed by atoms with Gasteiger partial charge in [0.05, 0.1) is 0 Å². The summed E-state index contributed by atoms with van der Waals surface area (Å²) in [6, 6.07) is 34.8. The first kappa shape index (κ1) is 26.4. The lowest BCUT2D eigenvalue weighted by molar-refractivity contribution is 0.593. The summed E-state index contributed by atoms with van der Waals surface area (Å²) in [6.07, 6.45) is 1.82. The standard InChI is InChI=1S/C36H28ClN3O/c1-23-12-16-26(17-13-23)34-30(20-38)36(41-35(34)27-18-14-24(2)15-19-27)39-21-31-25(3)40(33-11-7-5-9-29(31)33)22-28-8-4-6-10-32(28)37/h4-19,21H,22H2,1-3H3. The molecule has 0 saturated heterocycles. The Balaban J connectivity index is 1.49. The summed E-state index contributed by atoms with van der Waals surface area (Å²) in [6.45, 7) is 6.82. The smallest absolute Gasteiger partial charge is 0.238 e. The number of furan rings is 1. The molecule has 0 bridgehead atoms. The van der Waals surface area contributed by atoms with E-state index in [4.69, 9.17) is 21.0 Å². The minimum Gasteiger partial charge on any atom is -0.436 e. The molecule has 0 spiro atoms. The normalized spacial score (nSPS) is 11.4. The number of hydrogen-bond donors (Lipinski definition) is 0. The molecule has 2 aromatic heterocycles. The first-order valence-corrected chi connectivity index (χ1v) is 13.9. The van der Waals surface area contributed by atoms with Gasteiger partial charge in [0.15, 0.2) is 0 Å². The van der Waals surface area contributed by atoms with E-state index in [1.54, 1.807) is 0 Å². The topological polar surface area (TPSA) is 54.2 Å². The fourth-order valence-electron chi connectivity index (χ4n) is 5.26. The van der Waals surface area contributed by atoms with Crippen LogP contribution in [0.3, 0.4) is 0 Å². The van der Waals surface area contributed by atoms with Crippen molar-refractivity contribution in [2.24, 2.45) is 4.99 Å². The molecule has 2 heterocycles. The number of para-hydroxylation sites is 1. The number of nitriles is 1. The third-order valence-corrected chi connectivity index (χ3v) is 7.90. The van der Waals surface area contributed by atoms with Gasteiger partial charge >= 0.3 is 0 Å². The van der Waals surface area contributed by atoms with Crippen molar-refractivity contribution in [3.05, 3.63) is 136 Å². The Labute approximate surface area is 244 Å². The Bertz CT molecular complexity index is 1950. The summed E-state index contributed by atoms with van der Waals surface area (Å²) < 4.78 is 8.65. The largest absolute Gasteiger partial charge is 0.436 e. The molecule has 0 aliphatic carbocycles. The molecule has 200 valence electrons. The minimum atomic E-state index is 0.293. The van der Waals surface area contributed by atoms with Gasteiger partial charge in [-0.25, -0.2) is 4.99 Å². The summed E-state index contributed by atoms with van der Waals surface area (Å²) in [5.41, 5.74) is 9.45. The molecule has 0 aliphatic rings. The first-order valence-electron chi connectivity index (χ1n) is 13.5. The number of aromatic nitrogens is 1. The van der Waals surface area contributed by atoms with Gasteiger partial charge in [-0.2, -0.15) is 5.26 Å². The second-order valence-corrected chi connectivity index (χ2v) is 10.7. The van der Waals surface area contributed by atoms with E-state index in [1.807, 2.05) is 105 Å². The van der Waals surface area contributed by atoms with Crippen LogP contribution in [0.4, 0.5) is 5.88 Å². The third kappa shape index (κ3) is 4.97. The summed E-state index contributed by atoms with van der Waals surface area (Å²) in [4.78, 5) is 4.81. The first-order chi connectivity index (χ1) is 19.9. The van der Waals surface area contributed by atoms with Crippen molar-refractivity contribution in [3.8, 4) is 28.5 Å². The van der Waals surface area contributed by atoms with Crippen LogP contribution in [0, 0.1) is 32.1 Å². The SMILES string of the molecule is Cc1ccc(-c2oc(N=Cc3c(C)n(Cc4ccccc4Cl)c4ccccc34)c(C#N)c2-c2ccc(C)cc2)cc1. The molecular weight excluding hydrogens is 526 g/mol. The van der Waals surface area contributed by atoms with E-state index in [1.165, 1.54) is 0 Å². The molecule has 4 aromatic carbocycles. The van der Waals surface area contributed by atoms with Crippen molar-refractivity contribution in [2.75, 3.05) is 0 Å². The van der Waals surface area contributed by atoms with E-state index < -0.39 is 0 Å². The monoisotopic (exact) mass is 553 g/mol. The predicted molar refractivity (Wildman–Crippen MR) is 168 cm³/mol.